The van der Waals surface area contributed by atoms with Crippen molar-refractivity contribution in [3.63, 3.8) is 0 Å². The van der Waals surface area contributed by atoms with Gasteiger partial charge in [-0.05, 0) is 27.2 Å². The zero-order chi connectivity index (χ0) is 20.4. The summed E-state index contributed by atoms with van der Waals surface area (Å²) in [6.45, 7) is 3.86. The second-order valence-electron chi connectivity index (χ2n) is 6.32. The first-order valence-corrected chi connectivity index (χ1v) is 8.96. The molecule has 0 bridgehead atoms. The smallest absolute Gasteiger partial charge is 0.326 e. The lowest BCUT2D eigenvalue weighted by Gasteiger charge is -2.24. The molecule has 0 aliphatic rings. The van der Waals surface area contributed by atoms with Gasteiger partial charge in [0.2, 0.25) is 10.0 Å². The molecule has 0 radical (unpaired) electrons. The van der Waals surface area contributed by atoms with Crippen LogP contribution in [0.25, 0.3) is 0 Å². The van der Waals surface area contributed by atoms with Crippen LogP contribution in [0.5, 0.6) is 0 Å². The van der Waals surface area contributed by atoms with Gasteiger partial charge in [-0.2, -0.15) is 0 Å². The number of benzene rings is 1. The summed E-state index contributed by atoms with van der Waals surface area (Å²) in [6, 6.07) is 0. The molecule has 0 fully saturated rings. The number of hydrogen-bond acceptors (Lipinski definition) is 4. The van der Waals surface area contributed by atoms with Gasteiger partial charge in [0, 0.05) is 0 Å². The predicted octanol–water partition coefficient (Wildman–Crippen LogP) is 3.57. The van der Waals surface area contributed by atoms with E-state index in [0.717, 1.165) is 0 Å². The topological polar surface area (TPSA) is 72.5 Å². The second-order valence-corrected chi connectivity index (χ2v) is 8.18. The van der Waals surface area contributed by atoms with Gasteiger partial charge < -0.3 is 4.74 Å². The van der Waals surface area contributed by atoms with E-state index < -0.39 is 68.0 Å². The Balaban J connectivity index is 3.34. The van der Waals surface area contributed by atoms with Crippen molar-refractivity contribution >= 4 is 21.7 Å². The first-order valence-electron chi connectivity index (χ1n) is 7.42. The van der Waals surface area contributed by atoms with E-state index >= 15 is 0 Å². The SMILES string of the molecule is CC[C@@H](C(=O)OC(C)(C)C)S(=O)(=O)Nc1c(F)c(F)c(CF)c(F)c1F. The molecule has 5 nitrogen and oxygen atoms in total. The van der Waals surface area contributed by atoms with Crippen molar-refractivity contribution in [1.82, 2.24) is 0 Å². The summed E-state index contributed by atoms with van der Waals surface area (Å²) in [5.41, 5.74) is -4.24. The molecular weight excluding hydrogens is 385 g/mol. The normalized spacial score (nSPS) is 13.4. The average molecular weight is 403 g/mol. The van der Waals surface area contributed by atoms with Gasteiger partial charge in [-0.3, -0.25) is 9.52 Å². The Morgan fingerprint density at radius 1 is 1.08 bits per heavy atom. The first kappa shape index (κ1) is 22.1. The summed E-state index contributed by atoms with van der Waals surface area (Å²) < 4.78 is 98.2. The lowest BCUT2D eigenvalue weighted by atomic mass is 10.1. The molecule has 1 rings (SSSR count). The van der Waals surface area contributed by atoms with Gasteiger partial charge in [-0.15, -0.1) is 0 Å². The van der Waals surface area contributed by atoms with Gasteiger partial charge in [0.05, 0.1) is 5.56 Å². The van der Waals surface area contributed by atoms with E-state index in [1.54, 1.807) is 0 Å². The number of halogens is 5. The van der Waals surface area contributed by atoms with Crippen LogP contribution in [-0.2, 0) is 26.2 Å². The third-order valence-electron chi connectivity index (χ3n) is 3.15. The summed E-state index contributed by atoms with van der Waals surface area (Å²) in [4.78, 5) is 12.0. The van der Waals surface area contributed by atoms with Crippen LogP contribution in [-0.4, -0.2) is 25.2 Å². The average Bonchev–Trinajstić information content (AvgIpc) is 2.49. The van der Waals surface area contributed by atoms with Crippen LogP contribution in [0.4, 0.5) is 27.6 Å². The van der Waals surface area contributed by atoms with E-state index in [0.29, 0.717) is 0 Å². The Bertz CT molecular complexity index is 776. The van der Waals surface area contributed by atoms with E-state index in [9.17, 15) is 35.2 Å². The zero-order valence-electron chi connectivity index (χ0n) is 14.4. The molecule has 0 heterocycles. The van der Waals surface area contributed by atoms with Crippen molar-refractivity contribution in [2.45, 2.75) is 51.6 Å². The number of sulfonamides is 1. The lowest BCUT2D eigenvalue weighted by Crippen LogP contribution is -2.39. The maximum Gasteiger partial charge on any atom is 0.326 e. The summed E-state index contributed by atoms with van der Waals surface area (Å²) in [7, 11) is -4.83. The minimum Gasteiger partial charge on any atom is -0.459 e. The Morgan fingerprint density at radius 2 is 1.54 bits per heavy atom. The zero-order valence-corrected chi connectivity index (χ0v) is 15.2. The monoisotopic (exact) mass is 403 g/mol. The van der Waals surface area contributed by atoms with Crippen LogP contribution in [0.3, 0.4) is 0 Å². The van der Waals surface area contributed by atoms with E-state index in [4.69, 9.17) is 4.74 Å². The van der Waals surface area contributed by atoms with Gasteiger partial charge in [0.25, 0.3) is 0 Å². The molecule has 148 valence electrons. The van der Waals surface area contributed by atoms with Crippen LogP contribution in [0.2, 0.25) is 0 Å². The van der Waals surface area contributed by atoms with Gasteiger partial charge >= 0.3 is 5.97 Å². The Labute approximate surface area is 147 Å². The number of ether oxygens (including phenoxy) is 1. The molecule has 0 unspecified atom stereocenters. The quantitative estimate of drug-likeness (QED) is 0.448. The van der Waals surface area contributed by atoms with Crippen molar-refractivity contribution in [3.8, 4) is 0 Å². The number of hydrogen-bond donors (Lipinski definition) is 1. The third kappa shape index (κ3) is 4.63. The highest BCUT2D eigenvalue weighted by Gasteiger charge is 2.37. The minimum atomic E-state index is -4.83. The standard InChI is InChI=1S/C15H18F5NO4S/c1-5-8(14(22)25-15(2,3)4)26(23,24)21-13-11(19)9(17)7(6-16)10(18)12(13)20/h8,21H,5-6H2,1-4H3/t8-/m0/s1. The van der Waals surface area contributed by atoms with Crippen molar-refractivity contribution in [2.24, 2.45) is 0 Å². The maximum absolute atomic E-state index is 13.9. The van der Waals surface area contributed by atoms with Crippen molar-refractivity contribution in [1.29, 1.82) is 0 Å². The predicted molar refractivity (Wildman–Crippen MR) is 83.6 cm³/mol. The number of nitrogens with one attached hydrogen (secondary N) is 1. The van der Waals surface area contributed by atoms with Crippen molar-refractivity contribution in [3.05, 3.63) is 28.8 Å². The van der Waals surface area contributed by atoms with Crippen LogP contribution >= 0.6 is 0 Å². The molecule has 0 aliphatic heterocycles. The fourth-order valence-electron chi connectivity index (χ4n) is 1.98. The molecule has 11 heteroatoms. The minimum absolute atomic E-state index is 0.346. The maximum atomic E-state index is 13.9. The molecule has 1 atom stereocenters. The molecule has 0 saturated heterocycles. The van der Waals surface area contributed by atoms with E-state index in [1.807, 2.05) is 0 Å². The molecule has 1 N–H and O–H groups in total. The van der Waals surface area contributed by atoms with E-state index in [-0.39, 0.29) is 6.42 Å². The van der Waals surface area contributed by atoms with Crippen molar-refractivity contribution in [2.75, 3.05) is 4.72 Å². The molecule has 0 aromatic heterocycles. The Morgan fingerprint density at radius 3 is 1.88 bits per heavy atom. The molecule has 26 heavy (non-hydrogen) atoms. The van der Waals surface area contributed by atoms with Gasteiger partial charge in [-0.25, -0.2) is 30.4 Å². The molecule has 0 amide bonds. The number of rotatable bonds is 6. The largest absolute Gasteiger partial charge is 0.459 e. The lowest BCUT2D eigenvalue weighted by molar-refractivity contribution is -0.154. The first-order chi connectivity index (χ1) is 11.8. The molecule has 0 spiro atoms. The number of alkyl halides is 1. The molecule has 0 aliphatic carbocycles. The highest BCUT2D eigenvalue weighted by Crippen LogP contribution is 2.30. The molecule has 1 aromatic carbocycles. The van der Waals surface area contributed by atoms with Crippen LogP contribution in [0.15, 0.2) is 0 Å². The van der Waals surface area contributed by atoms with Gasteiger partial charge in [0.15, 0.2) is 28.5 Å². The summed E-state index contributed by atoms with van der Waals surface area (Å²) in [5.74, 6) is -9.61. The molecule has 1 aromatic rings. The number of esters is 1. The number of carbonyl (C=O) groups excluding carboxylic acids is 1. The number of anilines is 1. The highest BCUT2D eigenvalue weighted by atomic mass is 32.2. The second kappa shape index (κ2) is 7.77. The van der Waals surface area contributed by atoms with E-state index in [2.05, 4.69) is 0 Å². The third-order valence-corrected chi connectivity index (χ3v) is 4.91. The van der Waals surface area contributed by atoms with Gasteiger partial charge in [-0.1, -0.05) is 6.92 Å². The van der Waals surface area contributed by atoms with Crippen molar-refractivity contribution < 1.29 is 39.9 Å². The Kier molecular flexibility index (Phi) is 6.61. The van der Waals surface area contributed by atoms with Crippen LogP contribution < -0.4 is 4.72 Å². The van der Waals surface area contributed by atoms with Gasteiger partial charge in [0.1, 0.15) is 18.0 Å². The Hall–Kier alpha value is -1.91. The van der Waals surface area contributed by atoms with Crippen LogP contribution in [0.1, 0.15) is 39.7 Å². The highest BCUT2D eigenvalue weighted by molar-refractivity contribution is 7.94. The number of carbonyl (C=O) groups is 1. The van der Waals surface area contributed by atoms with E-state index in [1.165, 1.54) is 32.4 Å². The fourth-order valence-corrected chi connectivity index (χ4v) is 3.32. The summed E-state index contributed by atoms with van der Waals surface area (Å²) in [5, 5.41) is -1.90. The molecular formula is C15H18F5NO4S. The fraction of sp³-hybridized carbons (Fsp3) is 0.533. The van der Waals surface area contributed by atoms with Crippen LogP contribution in [0, 0.1) is 23.3 Å². The molecule has 0 saturated carbocycles. The summed E-state index contributed by atoms with van der Waals surface area (Å²) in [6.07, 6.45) is -0.346. The summed E-state index contributed by atoms with van der Waals surface area (Å²) >= 11 is 0.